The summed E-state index contributed by atoms with van der Waals surface area (Å²) in [5.41, 5.74) is 1.51. The molecule has 0 saturated carbocycles. The molecule has 0 heterocycles. The fourth-order valence-electron chi connectivity index (χ4n) is 4.08. The lowest BCUT2D eigenvalue weighted by Crippen LogP contribution is -2.50. The van der Waals surface area contributed by atoms with E-state index in [0.29, 0.717) is 43.8 Å². The Hall–Kier alpha value is -3.07. The molecule has 1 atom stereocenters. The van der Waals surface area contributed by atoms with Gasteiger partial charge in [0, 0.05) is 26.1 Å². The third-order valence-corrected chi connectivity index (χ3v) is 7.11. The Balaban J connectivity index is 2.17. The number of sulfonamides is 1. The van der Waals surface area contributed by atoms with Gasteiger partial charge in [-0.05, 0) is 43.4 Å². The number of carbonyl (C=O) groups is 2. The third-order valence-electron chi connectivity index (χ3n) is 5.93. The van der Waals surface area contributed by atoms with Gasteiger partial charge in [-0.25, -0.2) is 8.42 Å². The molecule has 0 fully saturated rings. The number of nitrogens with zero attached hydrogens (tertiary/aromatic N) is 2. The van der Waals surface area contributed by atoms with Crippen molar-refractivity contribution in [2.75, 3.05) is 37.3 Å². The van der Waals surface area contributed by atoms with Crippen LogP contribution in [0.5, 0.6) is 5.75 Å². The molecule has 0 aliphatic carbocycles. The first kappa shape index (κ1) is 29.2. The van der Waals surface area contributed by atoms with Crippen molar-refractivity contribution in [3.63, 3.8) is 0 Å². The van der Waals surface area contributed by atoms with Crippen LogP contribution in [-0.4, -0.2) is 64.2 Å². The van der Waals surface area contributed by atoms with Gasteiger partial charge in [0.2, 0.25) is 21.8 Å². The van der Waals surface area contributed by atoms with Crippen molar-refractivity contribution in [3.05, 3.63) is 60.2 Å². The molecule has 9 heteroatoms. The highest BCUT2D eigenvalue weighted by atomic mass is 32.2. The maximum atomic E-state index is 13.4. The molecule has 36 heavy (non-hydrogen) atoms. The number of anilines is 1. The predicted octanol–water partition coefficient (Wildman–Crippen LogP) is 3.62. The van der Waals surface area contributed by atoms with E-state index >= 15 is 0 Å². The van der Waals surface area contributed by atoms with Gasteiger partial charge in [-0.1, -0.05) is 56.3 Å². The number of ether oxygens (including phenoxy) is 1. The van der Waals surface area contributed by atoms with E-state index in [-0.39, 0.29) is 24.8 Å². The molecule has 0 aliphatic rings. The number of carbonyl (C=O) groups excluding carboxylic acids is 2. The maximum absolute atomic E-state index is 13.4. The van der Waals surface area contributed by atoms with Crippen LogP contribution >= 0.6 is 0 Å². The Kier molecular flexibility index (Phi) is 11.7. The number of benzene rings is 2. The van der Waals surface area contributed by atoms with Crippen molar-refractivity contribution in [2.24, 2.45) is 0 Å². The van der Waals surface area contributed by atoms with Gasteiger partial charge in [0.15, 0.2) is 0 Å². The van der Waals surface area contributed by atoms with Crippen molar-refractivity contribution in [1.29, 1.82) is 0 Å². The van der Waals surface area contributed by atoms with Crippen molar-refractivity contribution >= 4 is 27.5 Å². The number of hydrogen-bond donors (Lipinski definition) is 1. The second-order valence-electron chi connectivity index (χ2n) is 8.65. The third kappa shape index (κ3) is 8.55. The first-order chi connectivity index (χ1) is 17.2. The van der Waals surface area contributed by atoms with E-state index in [1.165, 1.54) is 11.4 Å². The van der Waals surface area contributed by atoms with E-state index in [0.717, 1.165) is 18.2 Å². The summed E-state index contributed by atoms with van der Waals surface area (Å²) in [5, 5.41) is 2.91. The molecule has 0 aromatic heterocycles. The molecule has 0 bridgehead atoms. The van der Waals surface area contributed by atoms with Crippen molar-refractivity contribution in [3.8, 4) is 5.75 Å². The van der Waals surface area contributed by atoms with Crippen LogP contribution in [0.4, 0.5) is 5.69 Å². The molecule has 0 aliphatic heterocycles. The van der Waals surface area contributed by atoms with E-state index in [4.69, 9.17) is 4.74 Å². The van der Waals surface area contributed by atoms with Gasteiger partial charge in [-0.3, -0.25) is 13.9 Å². The number of amides is 2. The van der Waals surface area contributed by atoms with Crippen molar-refractivity contribution in [1.82, 2.24) is 10.2 Å². The molecule has 2 rings (SSSR count). The molecule has 2 amide bonds. The maximum Gasteiger partial charge on any atom is 0.242 e. The summed E-state index contributed by atoms with van der Waals surface area (Å²) in [4.78, 5) is 27.9. The Morgan fingerprint density at radius 1 is 1.00 bits per heavy atom. The number of nitrogens with one attached hydrogen (secondary N) is 1. The SMILES string of the molecule is CCCNC(=O)[C@H](CC)N(CCc1ccccc1)C(=O)CCCN(c1ccccc1OC)S(C)(=O)=O. The van der Waals surface area contributed by atoms with Gasteiger partial charge in [0.25, 0.3) is 0 Å². The summed E-state index contributed by atoms with van der Waals surface area (Å²) >= 11 is 0. The largest absolute Gasteiger partial charge is 0.495 e. The van der Waals surface area contributed by atoms with Crippen molar-refractivity contribution in [2.45, 2.75) is 52.0 Å². The van der Waals surface area contributed by atoms with Gasteiger partial charge < -0.3 is 15.0 Å². The lowest BCUT2D eigenvalue weighted by atomic mass is 10.1. The van der Waals surface area contributed by atoms with E-state index in [9.17, 15) is 18.0 Å². The van der Waals surface area contributed by atoms with Gasteiger partial charge >= 0.3 is 0 Å². The lowest BCUT2D eigenvalue weighted by Gasteiger charge is -2.31. The summed E-state index contributed by atoms with van der Waals surface area (Å²) in [6.45, 7) is 4.96. The summed E-state index contributed by atoms with van der Waals surface area (Å²) in [7, 11) is -2.11. The van der Waals surface area contributed by atoms with Crippen LogP contribution in [0.1, 0.15) is 45.1 Å². The molecule has 1 N–H and O–H groups in total. The average molecular weight is 518 g/mol. The Morgan fingerprint density at radius 3 is 2.28 bits per heavy atom. The Labute approximate surface area is 215 Å². The van der Waals surface area contributed by atoms with Gasteiger partial charge in [0.1, 0.15) is 11.8 Å². The topological polar surface area (TPSA) is 96.0 Å². The normalized spacial score (nSPS) is 12.0. The van der Waals surface area contributed by atoms with Gasteiger partial charge in [-0.2, -0.15) is 0 Å². The molecule has 2 aromatic carbocycles. The molecule has 0 saturated heterocycles. The minimum atomic E-state index is -3.60. The summed E-state index contributed by atoms with van der Waals surface area (Å²) < 4.78 is 31.7. The predicted molar refractivity (Wildman–Crippen MR) is 144 cm³/mol. The van der Waals surface area contributed by atoms with E-state index in [2.05, 4.69) is 5.32 Å². The monoisotopic (exact) mass is 517 g/mol. The number of para-hydroxylation sites is 2. The first-order valence-electron chi connectivity index (χ1n) is 12.4. The summed E-state index contributed by atoms with van der Waals surface area (Å²) in [6, 6.07) is 16.1. The number of hydrogen-bond acceptors (Lipinski definition) is 5. The minimum Gasteiger partial charge on any atom is -0.495 e. The zero-order chi connectivity index (χ0) is 26.6. The summed E-state index contributed by atoms with van der Waals surface area (Å²) in [6.07, 6.45) is 3.49. The molecular weight excluding hydrogens is 478 g/mol. The fraction of sp³-hybridized carbons (Fsp3) is 0.481. The first-order valence-corrected chi connectivity index (χ1v) is 14.3. The standard InChI is InChI=1S/C27H39N3O5S/c1-5-19-28-27(32)23(6-2)29(21-18-22-13-8-7-9-14-22)26(31)17-12-20-30(36(4,33)34)24-15-10-11-16-25(24)35-3/h7-11,13-16,23H,5-6,12,17-21H2,1-4H3,(H,28,32)/t23-/m0/s1. The van der Waals surface area contributed by atoms with Crippen molar-refractivity contribution < 1.29 is 22.7 Å². The Bertz CT molecular complexity index is 1080. The summed E-state index contributed by atoms with van der Waals surface area (Å²) in [5.74, 6) is 0.114. The number of methoxy groups -OCH3 is 1. The molecule has 2 aromatic rings. The molecular formula is C27H39N3O5S. The molecule has 8 nitrogen and oxygen atoms in total. The zero-order valence-electron chi connectivity index (χ0n) is 21.8. The van der Waals surface area contributed by atoms with Gasteiger partial charge in [-0.15, -0.1) is 0 Å². The van der Waals surface area contributed by atoms with Crippen LogP contribution < -0.4 is 14.4 Å². The highest BCUT2D eigenvalue weighted by Crippen LogP contribution is 2.29. The molecule has 0 unspecified atom stereocenters. The highest BCUT2D eigenvalue weighted by molar-refractivity contribution is 7.92. The van der Waals surface area contributed by atoms with Crippen LogP contribution in [0.15, 0.2) is 54.6 Å². The van der Waals surface area contributed by atoms with E-state index in [1.807, 2.05) is 44.2 Å². The van der Waals surface area contributed by atoms with E-state index in [1.54, 1.807) is 29.2 Å². The van der Waals surface area contributed by atoms with Crippen LogP contribution in [-0.2, 0) is 26.0 Å². The smallest absolute Gasteiger partial charge is 0.242 e. The van der Waals surface area contributed by atoms with Crippen LogP contribution in [0.2, 0.25) is 0 Å². The zero-order valence-corrected chi connectivity index (χ0v) is 22.6. The number of rotatable bonds is 15. The second-order valence-corrected chi connectivity index (χ2v) is 10.6. The van der Waals surface area contributed by atoms with Crippen LogP contribution in [0.25, 0.3) is 0 Å². The lowest BCUT2D eigenvalue weighted by molar-refractivity contribution is -0.140. The second kappa shape index (κ2) is 14.5. The minimum absolute atomic E-state index is 0.119. The highest BCUT2D eigenvalue weighted by Gasteiger charge is 2.28. The van der Waals surface area contributed by atoms with E-state index < -0.39 is 16.1 Å². The molecule has 198 valence electrons. The average Bonchev–Trinajstić information content (AvgIpc) is 2.87. The fourth-order valence-corrected chi connectivity index (χ4v) is 5.05. The van der Waals surface area contributed by atoms with Crippen LogP contribution in [0, 0.1) is 0 Å². The quantitative estimate of drug-likeness (QED) is 0.389. The Morgan fingerprint density at radius 2 is 1.67 bits per heavy atom. The van der Waals surface area contributed by atoms with Crippen LogP contribution in [0.3, 0.4) is 0 Å². The molecule has 0 radical (unpaired) electrons. The molecule has 0 spiro atoms. The van der Waals surface area contributed by atoms with Gasteiger partial charge in [0.05, 0.1) is 19.1 Å².